The van der Waals surface area contributed by atoms with Crippen LogP contribution in [0.15, 0.2) is 58.7 Å². The summed E-state index contributed by atoms with van der Waals surface area (Å²) in [6.07, 6.45) is 15.3. The van der Waals surface area contributed by atoms with Gasteiger partial charge in [0.15, 0.2) is 5.78 Å². The molecule has 0 amide bonds. The molecule has 0 radical (unpaired) electrons. The molecule has 0 bridgehead atoms. The van der Waals surface area contributed by atoms with E-state index in [1.165, 1.54) is 36.5 Å². The molecule has 0 aliphatic heterocycles. The minimum Gasteiger partial charge on any atom is -0.549 e. The maximum atomic E-state index is 11.9. The van der Waals surface area contributed by atoms with Crippen molar-refractivity contribution >= 4 is 11.8 Å². The number of ketones is 1. The number of rotatable bonds is 8. The van der Waals surface area contributed by atoms with Crippen molar-refractivity contribution in [3.05, 3.63) is 58.7 Å². The summed E-state index contributed by atoms with van der Waals surface area (Å²) in [6, 6.07) is 0. The van der Waals surface area contributed by atoms with E-state index in [0.29, 0.717) is 0 Å². The molecule has 0 saturated heterocycles. The molecule has 0 heterocycles. The lowest BCUT2D eigenvalue weighted by Crippen LogP contribution is -2.35. The molecular formula is C24H33O3-. The quantitative estimate of drug-likeness (QED) is 0.349. The lowest BCUT2D eigenvalue weighted by atomic mass is 9.72. The highest BCUT2D eigenvalue weighted by Gasteiger charge is 2.26. The van der Waals surface area contributed by atoms with Gasteiger partial charge in [0.1, 0.15) is 0 Å². The zero-order valence-electron chi connectivity index (χ0n) is 17.6. The summed E-state index contributed by atoms with van der Waals surface area (Å²) in [5, 5.41) is 10.9. The van der Waals surface area contributed by atoms with Crippen molar-refractivity contribution in [3.63, 3.8) is 0 Å². The second kappa shape index (κ2) is 10.2. The van der Waals surface area contributed by atoms with Crippen LogP contribution in [0, 0.1) is 11.3 Å². The van der Waals surface area contributed by atoms with Crippen molar-refractivity contribution in [2.45, 2.75) is 67.2 Å². The van der Waals surface area contributed by atoms with Crippen molar-refractivity contribution in [2.75, 3.05) is 0 Å². The molecule has 0 aromatic heterocycles. The van der Waals surface area contributed by atoms with E-state index in [2.05, 4.69) is 32.9 Å². The Morgan fingerprint density at radius 3 is 2.41 bits per heavy atom. The van der Waals surface area contributed by atoms with E-state index < -0.39 is 17.7 Å². The van der Waals surface area contributed by atoms with Gasteiger partial charge in [-0.2, -0.15) is 0 Å². The van der Waals surface area contributed by atoms with E-state index >= 15 is 0 Å². The number of aliphatic carboxylic acids is 1. The Hall–Kier alpha value is -2.16. The first-order chi connectivity index (χ1) is 12.6. The first kappa shape index (κ1) is 22.9. The molecule has 0 aromatic rings. The summed E-state index contributed by atoms with van der Waals surface area (Å²) < 4.78 is 0. The van der Waals surface area contributed by atoms with E-state index in [0.717, 1.165) is 11.1 Å². The summed E-state index contributed by atoms with van der Waals surface area (Å²) in [6.45, 7) is 12.3. The zero-order chi connectivity index (χ0) is 20.6. The molecule has 148 valence electrons. The van der Waals surface area contributed by atoms with Gasteiger partial charge in [-0.3, -0.25) is 4.79 Å². The first-order valence-corrected chi connectivity index (χ1v) is 9.74. The largest absolute Gasteiger partial charge is 0.549 e. The number of allylic oxidation sites excluding steroid dienone is 10. The normalized spacial score (nSPS) is 19.8. The molecule has 0 saturated carbocycles. The number of carboxylic acid groups (broad SMARTS) is 1. The van der Waals surface area contributed by atoms with Gasteiger partial charge >= 0.3 is 0 Å². The smallest absolute Gasteiger partial charge is 0.164 e. The van der Waals surface area contributed by atoms with E-state index in [-0.39, 0.29) is 11.8 Å². The third-order valence-electron chi connectivity index (χ3n) is 5.18. The summed E-state index contributed by atoms with van der Waals surface area (Å²) in [4.78, 5) is 22.9. The van der Waals surface area contributed by atoms with Gasteiger partial charge in [0, 0.05) is 0 Å². The minimum atomic E-state index is -1.31. The third kappa shape index (κ3) is 7.16. The molecular weight excluding hydrogens is 336 g/mol. The van der Waals surface area contributed by atoms with Gasteiger partial charge < -0.3 is 9.90 Å². The molecule has 1 atom stereocenters. The Kier molecular flexibility index (Phi) is 8.68. The van der Waals surface area contributed by atoms with Crippen molar-refractivity contribution in [3.8, 4) is 0 Å². The molecule has 0 spiro atoms. The van der Waals surface area contributed by atoms with E-state index in [1.54, 1.807) is 13.8 Å². The number of hydrogen-bond donors (Lipinski definition) is 0. The van der Waals surface area contributed by atoms with E-state index in [1.807, 2.05) is 25.2 Å². The molecule has 3 heteroatoms. The average molecular weight is 370 g/mol. The fourth-order valence-corrected chi connectivity index (χ4v) is 3.49. The lowest BCUT2D eigenvalue weighted by molar-refractivity contribution is -0.309. The van der Waals surface area contributed by atoms with Crippen LogP contribution in [0.1, 0.15) is 67.2 Å². The fraction of sp³-hybridized carbons (Fsp3) is 0.500. The van der Waals surface area contributed by atoms with Crippen LogP contribution in [0.4, 0.5) is 0 Å². The SMILES string of the molecule is CCC(C(=O)[O-])C(=O)/C=C(C)/C=C/C=C(C)/C=C/C1=C(C)CCCC1(C)C. The fourth-order valence-electron chi connectivity index (χ4n) is 3.49. The summed E-state index contributed by atoms with van der Waals surface area (Å²) in [5.41, 5.74) is 4.97. The zero-order valence-corrected chi connectivity index (χ0v) is 17.6. The van der Waals surface area contributed by atoms with Gasteiger partial charge in [0.2, 0.25) is 0 Å². The Morgan fingerprint density at radius 2 is 1.85 bits per heavy atom. The molecule has 0 fully saturated rings. The number of carbonyl (C=O) groups is 2. The predicted molar refractivity (Wildman–Crippen MR) is 110 cm³/mol. The molecule has 0 aromatic carbocycles. The van der Waals surface area contributed by atoms with Crippen LogP contribution in [0.3, 0.4) is 0 Å². The monoisotopic (exact) mass is 369 g/mol. The second-order valence-corrected chi connectivity index (χ2v) is 8.11. The molecule has 1 aliphatic carbocycles. The highest BCUT2D eigenvalue weighted by molar-refractivity contribution is 6.04. The molecule has 1 rings (SSSR count). The van der Waals surface area contributed by atoms with Crippen molar-refractivity contribution in [1.29, 1.82) is 0 Å². The van der Waals surface area contributed by atoms with Crippen LogP contribution in [0.5, 0.6) is 0 Å². The standard InChI is InChI=1S/C24H34O3/c1-7-20(23(26)27)22(25)16-18(3)11-8-10-17(2)13-14-21-19(4)12-9-15-24(21,5)6/h8,10-11,13-14,16,20H,7,9,12,15H2,1-6H3,(H,26,27)/p-1/b11-8+,14-13+,17-10+,18-16+. The Bertz CT molecular complexity index is 712. The number of carbonyl (C=O) groups excluding carboxylic acids is 2. The topological polar surface area (TPSA) is 57.2 Å². The summed E-state index contributed by atoms with van der Waals surface area (Å²) >= 11 is 0. The molecule has 27 heavy (non-hydrogen) atoms. The van der Waals surface area contributed by atoms with Crippen molar-refractivity contribution in [2.24, 2.45) is 11.3 Å². The molecule has 1 unspecified atom stereocenters. The Balaban J connectivity index is 2.79. The van der Waals surface area contributed by atoms with Crippen LogP contribution in [-0.4, -0.2) is 11.8 Å². The maximum Gasteiger partial charge on any atom is 0.164 e. The number of hydrogen-bond acceptors (Lipinski definition) is 3. The predicted octanol–water partition coefficient (Wildman–Crippen LogP) is 4.86. The summed E-state index contributed by atoms with van der Waals surface area (Å²) in [7, 11) is 0. The van der Waals surface area contributed by atoms with Gasteiger partial charge in [0.25, 0.3) is 0 Å². The van der Waals surface area contributed by atoms with Crippen LogP contribution in [0.2, 0.25) is 0 Å². The Labute approximate surface area is 164 Å². The van der Waals surface area contributed by atoms with Crippen molar-refractivity contribution in [1.82, 2.24) is 0 Å². The van der Waals surface area contributed by atoms with E-state index in [4.69, 9.17) is 0 Å². The van der Waals surface area contributed by atoms with Gasteiger partial charge in [-0.1, -0.05) is 62.3 Å². The van der Waals surface area contributed by atoms with Crippen LogP contribution in [-0.2, 0) is 9.59 Å². The van der Waals surface area contributed by atoms with Gasteiger partial charge in [0.05, 0.1) is 11.9 Å². The third-order valence-corrected chi connectivity index (χ3v) is 5.18. The van der Waals surface area contributed by atoms with Crippen LogP contribution < -0.4 is 5.11 Å². The summed E-state index contributed by atoms with van der Waals surface area (Å²) in [5.74, 6) is -2.79. The van der Waals surface area contributed by atoms with Crippen LogP contribution >= 0.6 is 0 Å². The minimum absolute atomic E-state index is 0.226. The van der Waals surface area contributed by atoms with Gasteiger partial charge in [-0.25, -0.2) is 0 Å². The lowest BCUT2D eigenvalue weighted by Gasteiger charge is -2.32. The van der Waals surface area contributed by atoms with Gasteiger partial charge in [-0.15, -0.1) is 0 Å². The molecule has 3 nitrogen and oxygen atoms in total. The molecule has 1 aliphatic rings. The molecule has 0 N–H and O–H groups in total. The van der Waals surface area contributed by atoms with Crippen LogP contribution in [0.25, 0.3) is 0 Å². The van der Waals surface area contributed by atoms with Crippen molar-refractivity contribution < 1.29 is 14.7 Å². The highest BCUT2D eigenvalue weighted by Crippen LogP contribution is 2.40. The highest BCUT2D eigenvalue weighted by atomic mass is 16.4. The maximum absolute atomic E-state index is 11.9. The second-order valence-electron chi connectivity index (χ2n) is 8.11. The number of carboxylic acids is 1. The first-order valence-electron chi connectivity index (χ1n) is 9.74. The Morgan fingerprint density at radius 1 is 1.19 bits per heavy atom. The van der Waals surface area contributed by atoms with Gasteiger partial charge in [-0.05, 0) is 69.1 Å². The average Bonchev–Trinajstić information content (AvgIpc) is 2.53. The van der Waals surface area contributed by atoms with E-state index in [9.17, 15) is 14.7 Å².